The number of rotatable bonds is 5. The van der Waals surface area contributed by atoms with Crippen molar-refractivity contribution in [2.24, 2.45) is 0 Å². The van der Waals surface area contributed by atoms with Gasteiger partial charge in [-0.1, -0.05) is 20.8 Å². The Labute approximate surface area is 161 Å². The second kappa shape index (κ2) is 8.52. The molecule has 150 valence electrons. The molecular weight excluding hydrogens is 344 g/mol. The van der Waals surface area contributed by atoms with Crippen LogP contribution in [0, 0.1) is 0 Å². The van der Waals surface area contributed by atoms with Crippen LogP contribution in [0.25, 0.3) is 0 Å². The maximum atomic E-state index is 12.3. The van der Waals surface area contributed by atoms with E-state index in [0.717, 1.165) is 38.2 Å². The molecule has 1 aromatic rings. The van der Waals surface area contributed by atoms with Gasteiger partial charge >= 0.3 is 0 Å². The second-order valence-corrected chi connectivity index (χ2v) is 8.56. The molecule has 7 nitrogen and oxygen atoms in total. The fourth-order valence-corrected chi connectivity index (χ4v) is 3.78. The van der Waals surface area contributed by atoms with Crippen LogP contribution in [0.2, 0.25) is 0 Å². The van der Waals surface area contributed by atoms with E-state index in [0.29, 0.717) is 38.8 Å². The molecule has 2 fully saturated rings. The molecule has 1 aromatic heterocycles. The van der Waals surface area contributed by atoms with E-state index in [4.69, 9.17) is 4.74 Å². The topological polar surface area (TPSA) is 67.7 Å². The van der Waals surface area contributed by atoms with Gasteiger partial charge in [0.2, 0.25) is 5.91 Å². The summed E-state index contributed by atoms with van der Waals surface area (Å²) in [5.41, 5.74) is 0.802. The maximum Gasteiger partial charge on any atom is 0.266 e. The molecule has 2 aliphatic rings. The molecule has 3 heterocycles. The van der Waals surface area contributed by atoms with E-state index in [1.54, 1.807) is 10.7 Å². The van der Waals surface area contributed by atoms with Gasteiger partial charge in [0.1, 0.15) is 0 Å². The Morgan fingerprint density at radius 1 is 1.15 bits per heavy atom. The first-order chi connectivity index (χ1) is 12.8. The zero-order chi connectivity index (χ0) is 19.4. The summed E-state index contributed by atoms with van der Waals surface area (Å²) in [6.07, 6.45) is 2.66. The van der Waals surface area contributed by atoms with Crippen molar-refractivity contribution >= 4 is 5.91 Å². The van der Waals surface area contributed by atoms with Crippen LogP contribution < -0.4 is 5.56 Å². The van der Waals surface area contributed by atoms with Crippen LogP contribution >= 0.6 is 0 Å². The van der Waals surface area contributed by atoms with E-state index in [1.165, 1.54) is 0 Å². The van der Waals surface area contributed by atoms with Crippen molar-refractivity contribution in [3.63, 3.8) is 0 Å². The highest BCUT2D eigenvalue weighted by Crippen LogP contribution is 2.20. The van der Waals surface area contributed by atoms with Crippen molar-refractivity contribution in [2.75, 3.05) is 39.4 Å². The van der Waals surface area contributed by atoms with Crippen molar-refractivity contribution in [2.45, 2.75) is 58.0 Å². The van der Waals surface area contributed by atoms with Crippen molar-refractivity contribution in [1.29, 1.82) is 0 Å². The molecule has 0 radical (unpaired) electrons. The van der Waals surface area contributed by atoms with E-state index in [1.807, 2.05) is 11.0 Å². The van der Waals surface area contributed by atoms with Crippen molar-refractivity contribution < 1.29 is 9.53 Å². The highest BCUT2D eigenvalue weighted by atomic mass is 16.5. The lowest BCUT2D eigenvalue weighted by atomic mass is 9.92. The fraction of sp³-hybridized carbons (Fsp3) is 0.750. The van der Waals surface area contributed by atoms with Gasteiger partial charge in [0.05, 0.1) is 31.9 Å². The first-order valence-corrected chi connectivity index (χ1v) is 10.0. The second-order valence-electron chi connectivity index (χ2n) is 8.56. The highest BCUT2D eigenvalue weighted by Gasteiger charge is 2.27. The van der Waals surface area contributed by atoms with Crippen LogP contribution in [0.1, 0.15) is 45.7 Å². The molecule has 3 rings (SSSR count). The standard InChI is InChI=1S/C20H32N4O3/c1-20(2,3)17-6-7-19(26)24(21-17)15-16-5-4-9-22(16)10-11-23-12-14-27-13-8-18(23)25/h6-7,16H,4-5,8-15H2,1-3H3. The van der Waals surface area contributed by atoms with E-state index in [-0.39, 0.29) is 16.9 Å². The molecule has 1 atom stereocenters. The van der Waals surface area contributed by atoms with Gasteiger partial charge in [-0.05, 0) is 25.5 Å². The number of amides is 1. The number of ether oxygens (including phenoxy) is 1. The maximum absolute atomic E-state index is 12.3. The molecule has 2 aliphatic heterocycles. The Morgan fingerprint density at radius 3 is 2.74 bits per heavy atom. The smallest absolute Gasteiger partial charge is 0.266 e. The first kappa shape index (κ1) is 20.0. The fourth-order valence-electron chi connectivity index (χ4n) is 3.78. The average Bonchev–Trinajstić information content (AvgIpc) is 2.94. The minimum atomic E-state index is -0.0833. The summed E-state index contributed by atoms with van der Waals surface area (Å²) in [5.74, 6) is 0.180. The van der Waals surface area contributed by atoms with E-state index in [2.05, 4.69) is 30.8 Å². The lowest BCUT2D eigenvalue weighted by molar-refractivity contribution is -0.130. The Morgan fingerprint density at radius 2 is 1.96 bits per heavy atom. The van der Waals surface area contributed by atoms with Gasteiger partial charge in [-0.25, -0.2) is 4.68 Å². The Balaban J connectivity index is 1.63. The molecule has 2 saturated heterocycles. The van der Waals surface area contributed by atoms with Gasteiger partial charge < -0.3 is 9.64 Å². The normalized spacial score (nSPS) is 22.3. The number of carbonyl (C=O) groups excluding carboxylic acids is 1. The predicted molar refractivity (Wildman–Crippen MR) is 104 cm³/mol. The zero-order valence-electron chi connectivity index (χ0n) is 16.8. The molecule has 0 aromatic carbocycles. The minimum absolute atomic E-state index is 0.0466. The quantitative estimate of drug-likeness (QED) is 0.774. The molecule has 1 amide bonds. The number of carbonyl (C=O) groups is 1. The molecular formula is C20H32N4O3. The van der Waals surface area contributed by atoms with Crippen molar-refractivity contribution in [3.05, 3.63) is 28.2 Å². The van der Waals surface area contributed by atoms with Crippen LogP contribution in [-0.2, 0) is 21.5 Å². The van der Waals surface area contributed by atoms with Gasteiger partial charge in [0.15, 0.2) is 0 Å². The molecule has 0 aliphatic carbocycles. The third-order valence-electron chi connectivity index (χ3n) is 5.49. The van der Waals surface area contributed by atoms with Crippen LogP contribution in [0.5, 0.6) is 0 Å². The van der Waals surface area contributed by atoms with Crippen LogP contribution in [0.15, 0.2) is 16.9 Å². The molecule has 1 unspecified atom stereocenters. The summed E-state index contributed by atoms with van der Waals surface area (Å²) in [4.78, 5) is 28.7. The monoisotopic (exact) mass is 376 g/mol. The first-order valence-electron chi connectivity index (χ1n) is 10.0. The van der Waals surface area contributed by atoms with E-state index >= 15 is 0 Å². The van der Waals surface area contributed by atoms with Crippen LogP contribution in [-0.4, -0.2) is 70.9 Å². The van der Waals surface area contributed by atoms with Gasteiger partial charge in [0.25, 0.3) is 5.56 Å². The van der Waals surface area contributed by atoms with Gasteiger partial charge in [-0.2, -0.15) is 5.10 Å². The Kier molecular flexibility index (Phi) is 6.32. The average molecular weight is 377 g/mol. The Hall–Kier alpha value is -1.73. The summed E-state index contributed by atoms with van der Waals surface area (Å²) in [6, 6.07) is 3.75. The van der Waals surface area contributed by atoms with E-state index < -0.39 is 0 Å². The third-order valence-corrected chi connectivity index (χ3v) is 5.49. The van der Waals surface area contributed by atoms with Gasteiger partial charge in [-0.3, -0.25) is 14.5 Å². The molecule has 0 saturated carbocycles. The lowest BCUT2D eigenvalue weighted by Crippen LogP contribution is -2.43. The van der Waals surface area contributed by atoms with Gasteiger partial charge in [-0.15, -0.1) is 0 Å². The van der Waals surface area contributed by atoms with Crippen LogP contribution in [0.4, 0.5) is 0 Å². The third kappa shape index (κ3) is 5.17. The molecule has 27 heavy (non-hydrogen) atoms. The van der Waals surface area contributed by atoms with Crippen LogP contribution in [0.3, 0.4) is 0 Å². The number of hydrogen-bond acceptors (Lipinski definition) is 5. The summed E-state index contributed by atoms with van der Waals surface area (Å²) < 4.78 is 7.02. The number of aromatic nitrogens is 2. The summed E-state index contributed by atoms with van der Waals surface area (Å²) in [6.45, 7) is 11.3. The summed E-state index contributed by atoms with van der Waals surface area (Å²) >= 11 is 0. The summed E-state index contributed by atoms with van der Waals surface area (Å²) in [7, 11) is 0. The predicted octanol–water partition coefficient (Wildman–Crippen LogP) is 1.25. The SMILES string of the molecule is CC(C)(C)c1ccc(=O)n(CC2CCCN2CCN2CCOCCC2=O)n1. The molecule has 0 spiro atoms. The summed E-state index contributed by atoms with van der Waals surface area (Å²) in [5, 5.41) is 4.61. The molecule has 7 heteroatoms. The Bertz CT molecular complexity index is 710. The van der Waals surface area contributed by atoms with Crippen molar-refractivity contribution in [1.82, 2.24) is 19.6 Å². The molecule has 0 bridgehead atoms. The highest BCUT2D eigenvalue weighted by molar-refractivity contribution is 5.76. The lowest BCUT2D eigenvalue weighted by Gasteiger charge is -2.28. The number of hydrogen-bond donors (Lipinski definition) is 0. The number of nitrogens with zero attached hydrogens (tertiary/aromatic N) is 4. The number of likely N-dealkylation sites (tertiary alicyclic amines) is 1. The van der Waals surface area contributed by atoms with Gasteiger partial charge in [0, 0.05) is 37.2 Å². The van der Waals surface area contributed by atoms with Crippen molar-refractivity contribution in [3.8, 4) is 0 Å². The van der Waals surface area contributed by atoms with E-state index in [9.17, 15) is 9.59 Å². The largest absolute Gasteiger partial charge is 0.379 e. The zero-order valence-corrected chi connectivity index (χ0v) is 16.8. The molecule has 0 N–H and O–H groups in total. The minimum Gasteiger partial charge on any atom is -0.379 e.